The Kier molecular flexibility index (Phi) is 4.31. The average molecular weight is 208 g/mol. The molecule has 3 heteroatoms. The van der Waals surface area contributed by atoms with Crippen LogP contribution < -0.4 is 0 Å². The summed E-state index contributed by atoms with van der Waals surface area (Å²) in [7, 11) is 0. The van der Waals surface area contributed by atoms with E-state index in [0.29, 0.717) is 6.42 Å². The van der Waals surface area contributed by atoms with E-state index in [9.17, 15) is 4.79 Å². The van der Waals surface area contributed by atoms with Gasteiger partial charge in [0, 0.05) is 6.42 Å². The Hall–Kier alpha value is -1.35. The minimum Gasteiger partial charge on any atom is -0.479 e. The Bertz CT molecular complexity index is 306. The number of benzene rings is 1. The average Bonchev–Trinajstić information content (AvgIpc) is 2.17. The van der Waals surface area contributed by atoms with E-state index >= 15 is 0 Å². The van der Waals surface area contributed by atoms with E-state index < -0.39 is 12.1 Å². The maximum absolute atomic E-state index is 10.9. The first-order valence-corrected chi connectivity index (χ1v) is 5.01. The van der Waals surface area contributed by atoms with Crippen LogP contribution in [-0.2, 0) is 16.0 Å². The molecule has 1 aromatic carbocycles. The molecule has 0 unspecified atom stereocenters. The fourth-order valence-electron chi connectivity index (χ4n) is 1.35. The number of rotatable bonds is 5. The summed E-state index contributed by atoms with van der Waals surface area (Å²) < 4.78 is 5.32. The fourth-order valence-corrected chi connectivity index (χ4v) is 1.35. The molecule has 82 valence electrons. The van der Waals surface area contributed by atoms with Crippen molar-refractivity contribution in [1.29, 1.82) is 0 Å². The van der Waals surface area contributed by atoms with Gasteiger partial charge in [-0.2, -0.15) is 0 Å². The number of carboxylic acid groups (broad SMARTS) is 1. The first-order valence-electron chi connectivity index (χ1n) is 5.01. The molecule has 0 amide bonds. The Labute approximate surface area is 89.7 Å². The lowest BCUT2D eigenvalue weighted by molar-refractivity contribution is -0.153. The van der Waals surface area contributed by atoms with E-state index in [0.717, 1.165) is 5.56 Å². The zero-order chi connectivity index (χ0) is 11.3. The summed E-state index contributed by atoms with van der Waals surface area (Å²) in [5.74, 6) is -0.910. The van der Waals surface area contributed by atoms with Crippen molar-refractivity contribution in [3.8, 4) is 0 Å². The summed E-state index contributed by atoms with van der Waals surface area (Å²) in [6, 6.07) is 9.50. The molecule has 0 bridgehead atoms. The van der Waals surface area contributed by atoms with Crippen LogP contribution in [0.1, 0.15) is 19.4 Å². The lowest BCUT2D eigenvalue weighted by atomic mass is 10.1. The minimum atomic E-state index is -0.910. The number of aliphatic carboxylic acids is 1. The smallest absolute Gasteiger partial charge is 0.333 e. The molecule has 0 aliphatic carbocycles. The van der Waals surface area contributed by atoms with Gasteiger partial charge < -0.3 is 9.84 Å². The van der Waals surface area contributed by atoms with E-state index in [2.05, 4.69) is 0 Å². The molecule has 0 aliphatic heterocycles. The van der Waals surface area contributed by atoms with Gasteiger partial charge in [-0.25, -0.2) is 4.79 Å². The maximum Gasteiger partial charge on any atom is 0.333 e. The molecule has 15 heavy (non-hydrogen) atoms. The molecular formula is C12H16O3. The largest absolute Gasteiger partial charge is 0.479 e. The molecule has 0 saturated carbocycles. The molecule has 1 atom stereocenters. The second-order valence-electron chi connectivity index (χ2n) is 3.70. The van der Waals surface area contributed by atoms with Gasteiger partial charge in [0.2, 0.25) is 0 Å². The number of carboxylic acids is 1. The van der Waals surface area contributed by atoms with Crippen LogP contribution >= 0.6 is 0 Å². The third kappa shape index (κ3) is 4.13. The van der Waals surface area contributed by atoms with Crippen LogP contribution in [0.15, 0.2) is 30.3 Å². The summed E-state index contributed by atoms with van der Waals surface area (Å²) in [4.78, 5) is 10.9. The lowest BCUT2D eigenvalue weighted by Gasteiger charge is -2.16. The van der Waals surface area contributed by atoms with Crippen molar-refractivity contribution < 1.29 is 14.6 Å². The zero-order valence-electron chi connectivity index (χ0n) is 9.01. The van der Waals surface area contributed by atoms with Crippen LogP contribution in [0.3, 0.4) is 0 Å². The minimum absolute atomic E-state index is 0.0742. The monoisotopic (exact) mass is 208 g/mol. The summed E-state index contributed by atoms with van der Waals surface area (Å²) in [5, 5.41) is 8.96. The third-order valence-corrected chi connectivity index (χ3v) is 1.98. The van der Waals surface area contributed by atoms with Gasteiger partial charge in [0.15, 0.2) is 6.10 Å². The second kappa shape index (κ2) is 5.51. The number of carbonyl (C=O) groups is 1. The van der Waals surface area contributed by atoms with E-state index in [1.165, 1.54) is 0 Å². The van der Waals surface area contributed by atoms with Crippen molar-refractivity contribution in [3.05, 3.63) is 35.9 Å². The van der Waals surface area contributed by atoms with Crippen molar-refractivity contribution in [1.82, 2.24) is 0 Å². The summed E-state index contributed by atoms with van der Waals surface area (Å²) in [6.45, 7) is 3.67. The number of hydrogen-bond acceptors (Lipinski definition) is 2. The van der Waals surface area contributed by atoms with Gasteiger partial charge in [-0.1, -0.05) is 30.3 Å². The first-order chi connectivity index (χ1) is 7.09. The number of hydrogen-bond donors (Lipinski definition) is 1. The van der Waals surface area contributed by atoms with E-state index in [1.807, 2.05) is 44.2 Å². The van der Waals surface area contributed by atoms with Crippen molar-refractivity contribution >= 4 is 5.97 Å². The summed E-state index contributed by atoms with van der Waals surface area (Å²) in [5.41, 5.74) is 0.977. The van der Waals surface area contributed by atoms with Gasteiger partial charge in [-0.05, 0) is 19.4 Å². The normalized spacial score (nSPS) is 12.7. The van der Waals surface area contributed by atoms with Gasteiger partial charge in [0.1, 0.15) is 0 Å². The van der Waals surface area contributed by atoms with Crippen LogP contribution in [0.25, 0.3) is 0 Å². The maximum atomic E-state index is 10.9. The molecule has 0 radical (unpaired) electrons. The molecule has 0 spiro atoms. The van der Waals surface area contributed by atoms with Gasteiger partial charge >= 0.3 is 5.97 Å². The van der Waals surface area contributed by atoms with E-state index in [-0.39, 0.29) is 6.10 Å². The molecule has 1 rings (SSSR count). The molecule has 1 N–H and O–H groups in total. The van der Waals surface area contributed by atoms with Gasteiger partial charge in [-0.15, -0.1) is 0 Å². The summed E-state index contributed by atoms with van der Waals surface area (Å²) in [6.07, 6.45) is -0.420. The third-order valence-electron chi connectivity index (χ3n) is 1.98. The molecule has 0 saturated heterocycles. The van der Waals surface area contributed by atoms with E-state index in [1.54, 1.807) is 0 Å². The van der Waals surface area contributed by atoms with Crippen LogP contribution in [0, 0.1) is 0 Å². The Balaban J connectivity index is 2.63. The van der Waals surface area contributed by atoms with Gasteiger partial charge in [0.05, 0.1) is 6.10 Å². The van der Waals surface area contributed by atoms with Gasteiger partial charge in [0.25, 0.3) is 0 Å². The Morgan fingerprint density at radius 1 is 1.33 bits per heavy atom. The zero-order valence-corrected chi connectivity index (χ0v) is 9.01. The molecule has 3 nitrogen and oxygen atoms in total. The van der Waals surface area contributed by atoms with Crippen molar-refractivity contribution in [2.24, 2.45) is 0 Å². The highest BCUT2D eigenvalue weighted by molar-refractivity contribution is 5.72. The number of ether oxygens (including phenoxy) is 1. The molecule has 0 aromatic heterocycles. The fraction of sp³-hybridized carbons (Fsp3) is 0.417. The first kappa shape index (κ1) is 11.7. The second-order valence-corrected chi connectivity index (χ2v) is 3.70. The molecule has 1 aromatic rings. The van der Waals surface area contributed by atoms with Crippen molar-refractivity contribution in [2.45, 2.75) is 32.5 Å². The lowest BCUT2D eigenvalue weighted by Crippen LogP contribution is -2.29. The standard InChI is InChI=1S/C12H16O3/c1-9(2)15-11(12(13)14)8-10-6-4-3-5-7-10/h3-7,9,11H,8H2,1-2H3,(H,13,14)/t11-/m0/s1. The van der Waals surface area contributed by atoms with Crippen LogP contribution in [0.4, 0.5) is 0 Å². The van der Waals surface area contributed by atoms with Crippen LogP contribution in [-0.4, -0.2) is 23.3 Å². The van der Waals surface area contributed by atoms with Crippen LogP contribution in [0.5, 0.6) is 0 Å². The Morgan fingerprint density at radius 2 is 1.93 bits per heavy atom. The highest BCUT2D eigenvalue weighted by Crippen LogP contribution is 2.08. The quantitative estimate of drug-likeness (QED) is 0.806. The topological polar surface area (TPSA) is 46.5 Å². The van der Waals surface area contributed by atoms with E-state index in [4.69, 9.17) is 9.84 Å². The van der Waals surface area contributed by atoms with Gasteiger partial charge in [-0.3, -0.25) is 0 Å². The summed E-state index contributed by atoms with van der Waals surface area (Å²) >= 11 is 0. The van der Waals surface area contributed by atoms with Crippen LogP contribution in [0.2, 0.25) is 0 Å². The predicted molar refractivity (Wildman–Crippen MR) is 57.8 cm³/mol. The highest BCUT2D eigenvalue weighted by atomic mass is 16.5. The molecule has 0 aliphatic rings. The SMILES string of the molecule is CC(C)O[C@@H](Cc1ccccc1)C(=O)O. The predicted octanol–water partition coefficient (Wildman–Crippen LogP) is 2.11. The molecular weight excluding hydrogens is 192 g/mol. The van der Waals surface area contributed by atoms with Crippen molar-refractivity contribution in [2.75, 3.05) is 0 Å². The van der Waals surface area contributed by atoms with Crippen molar-refractivity contribution in [3.63, 3.8) is 0 Å². The highest BCUT2D eigenvalue weighted by Gasteiger charge is 2.19. The Morgan fingerprint density at radius 3 is 2.40 bits per heavy atom. The molecule has 0 fully saturated rings. The molecule has 0 heterocycles.